The molecule has 1 aromatic carbocycles. The summed E-state index contributed by atoms with van der Waals surface area (Å²) in [5.74, 6) is 0.00264. The van der Waals surface area contributed by atoms with Crippen molar-refractivity contribution in [3.63, 3.8) is 0 Å². The number of rotatable bonds is 1. The van der Waals surface area contributed by atoms with Crippen LogP contribution in [0.3, 0.4) is 0 Å². The van der Waals surface area contributed by atoms with Crippen LogP contribution in [0.5, 0.6) is 0 Å². The molecule has 2 N–H and O–H groups in total. The smallest absolute Gasteiger partial charge is 0.315 e. The van der Waals surface area contributed by atoms with Crippen LogP contribution in [0.4, 0.5) is 4.79 Å². The molecule has 1 saturated heterocycles. The van der Waals surface area contributed by atoms with Crippen LogP contribution in [-0.2, 0) is 17.8 Å². The average Bonchev–Trinajstić information content (AvgIpc) is 2.84. The van der Waals surface area contributed by atoms with E-state index in [0.29, 0.717) is 13.1 Å². The van der Waals surface area contributed by atoms with Crippen LogP contribution in [0.25, 0.3) is 0 Å². The summed E-state index contributed by atoms with van der Waals surface area (Å²) < 4.78 is 0. The molecular formula is C13H15N3O2. The minimum Gasteiger partial charge on any atom is -0.336 e. The molecule has 5 heteroatoms. The van der Waals surface area contributed by atoms with Crippen molar-refractivity contribution in [3.05, 3.63) is 35.4 Å². The Morgan fingerprint density at radius 3 is 2.78 bits per heavy atom. The summed E-state index contributed by atoms with van der Waals surface area (Å²) in [6, 6.07) is 7.51. The predicted octanol–water partition coefficient (Wildman–Crippen LogP) is 0.253. The van der Waals surface area contributed by atoms with Gasteiger partial charge in [0.25, 0.3) is 0 Å². The van der Waals surface area contributed by atoms with Crippen molar-refractivity contribution >= 4 is 11.9 Å². The van der Waals surface area contributed by atoms with Gasteiger partial charge in [-0.1, -0.05) is 24.3 Å². The molecular weight excluding hydrogens is 230 g/mol. The number of nitrogens with zero attached hydrogens (tertiary/aromatic N) is 1. The minimum absolute atomic E-state index is 0.00264. The van der Waals surface area contributed by atoms with E-state index >= 15 is 0 Å². The van der Waals surface area contributed by atoms with Gasteiger partial charge >= 0.3 is 6.03 Å². The van der Waals surface area contributed by atoms with E-state index in [9.17, 15) is 9.59 Å². The molecule has 2 aliphatic heterocycles. The minimum atomic E-state index is -0.414. The molecule has 0 bridgehead atoms. The topological polar surface area (TPSA) is 61.4 Å². The van der Waals surface area contributed by atoms with Crippen LogP contribution >= 0.6 is 0 Å². The van der Waals surface area contributed by atoms with Crippen molar-refractivity contribution in [2.75, 3.05) is 13.1 Å². The van der Waals surface area contributed by atoms with E-state index < -0.39 is 6.04 Å². The molecule has 94 valence electrons. The van der Waals surface area contributed by atoms with Gasteiger partial charge in [0.2, 0.25) is 5.91 Å². The lowest BCUT2D eigenvalue weighted by molar-refractivity contribution is -0.133. The number of amides is 3. The number of urea groups is 1. The molecule has 0 spiro atoms. The fraction of sp³-hybridized carbons (Fsp3) is 0.385. The van der Waals surface area contributed by atoms with Crippen molar-refractivity contribution in [1.82, 2.24) is 15.5 Å². The number of hydrogen-bond donors (Lipinski definition) is 2. The normalized spacial score (nSPS) is 22.1. The van der Waals surface area contributed by atoms with Gasteiger partial charge in [-0.3, -0.25) is 4.79 Å². The molecule has 0 saturated carbocycles. The van der Waals surface area contributed by atoms with Gasteiger partial charge in [0.05, 0.1) is 0 Å². The molecule has 5 nitrogen and oxygen atoms in total. The van der Waals surface area contributed by atoms with Gasteiger partial charge in [-0.15, -0.1) is 0 Å². The Bertz CT molecular complexity index is 501. The Morgan fingerprint density at radius 1 is 1.28 bits per heavy atom. The lowest BCUT2D eigenvalue weighted by Crippen LogP contribution is -2.47. The third-order valence-corrected chi connectivity index (χ3v) is 3.51. The highest BCUT2D eigenvalue weighted by Crippen LogP contribution is 2.19. The quantitative estimate of drug-likeness (QED) is 0.745. The maximum absolute atomic E-state index is 12.2. The van der Waals surface area contributed by atoms with Crippen LogP contribution in [0.2, 0.25) is 0 Å². The molecule has 18 heavy (non-hydrogen) atoms. The van der Waals surface area contributed by atoms with Gasteiger partial charge < -0.3 is 15.5 Å². The van der Waals surface area contributed by atoms with Gasteiger partial charge in [0, 0.05) is 19.6 Å². The number of fused-ring (bicyclic) bond motifs is 1. The van der Waals surface area contributed by atoms with Crippen molar-refractivity contribution in [3.8, 4) is 0 Å². The molecule has 1 fully saturated rings. The second-order valence-electron chi connectivity index (χ2n) is 4.69. The summed E-state index contributed by atoms with van der Waals surface area (Å²) in [7, 11) is 0. The first kappa shape index (κ1) is 11.1. The van der Waals surface area contributed by atoms with Gasteiger partial charge in [0.1, 0.15) is 6.04 Å². The summed E-state index contributed by atoms with van der Waals surface area (Å²) in [5, 5.41) is 5.24. The molecule has 0 radical (unpaired) electrons. The van der Waals surface area contributed by atoms with E-state index in [1.54, 1.807) is 0 Å². The first-order chi connectivity index (χ1) is 8.74. The SMILES string of the molecule is O=C1NCC(C(=O)N2CCc3ccccc3C2)N1. The van der Waals surface area contributed by atoms with Gasteiger partial charge in [-0.05, 0) is 17.5 Å². The van der Waals surface area contributed by atoms with E-state index in [0.717, 1.165) is 13.0 Å². The number of benzene rings is 1. The predicted molar refractivity (Wildman–Crippen MR) is 65.9 cm³/mol. The van der Waals surface area contributed by atoms with Crippen LogP contribution in [0.15, 0.2) is 24.3 Å². The van der Waals surface area contributed by atoms with E-state index in [-0.39, 0.29) is 11.9 Å². The van der Waals surface area contributed by atoms with Crippen molar-refractivity contribution in [2.24, 2.45) is 0 Å². The third-order valence-electron chi connectivity index (χ3n) is 3.51. The average molecular weight is 245 g/mol. The molecule has 3 rings (SSSR count). The fourth-order valence-corrected chi connectivity index (χ4v) is 2.51. The highest BCUT2D eigenvalue weighted by atomic mass is 16.2. The van der Waals surface area contributed by atoms with Crippen molar-refractivity contribution in [1.29, 1.82) is 0 Å². The van der Waals surface area contributed by atoms with Crippen LogP contribution in [-0.4, -0.2) is 36.0 Å². The Morgan fingerprint density at radius 2 is 2.06 bits per heavy atom. The number of nitrogens with one attached hydrogen (secondary N) is 2. The molecule has 3 amide bonds. The largest absolute Gasteiger partial charge is 0.336 e. The third kappa shape index (κ3) is 1.92. The number of hydrogen-bond acceptors (Lipinski definition) is 2. The molecule has 1 aromatic rings. The van der Waals surface area contributed by atoms with Crippen LogP contribution in [0, 0.1) is 0 Å². The molecule has 2 heterocycles. The lowest BCUT2D eigenvalue weighted by Gasteiger charge is -2.30. The lowest BCUT2D eigenvalue weighted by atomic mass is 9.99. The molecule has 0 aliphatic carbocycles. The zero-order chi connectivity index (χ0) is 12.5. The van der Waals surface area contributed by atoms with Crippen molar-refractivity contribution < 1.29 is 9.59 Å². The molecule has 1 unspecified atom stereocenters. The molecule has 0 aromatic heterocycles. The van der Waals surface area contributed by atoms with E-state index in [1.807, 2.05) is 17.0 Å². The van der Waals surface area contributed by atoms with Crippen molar-refractivity contribution in [2.45, 2.75) is 19.0 Å². The first-order valence-electron chi connectivity index (χ1n) is 6.14. The van der Waals surface area contributed by atoms with E-state index in [4.69, 9.17) is 0 Å². The van der Waals surface area contributed by atoms with Gasteiger partial charge in [-0.2, -0.15) is 0 Å². The summed E-state index contributed by atoms with van der Waals surface area (Å²) in [6.45, 7) is 1.75. The second kappa shape index (κ2) is 4.33. The zero-order valence-electron chi connectivity index (χ0n) is 9.98. The number of carbonyl (C=O) groups is 2. The highest BCUT2D eigenvalue weighted by molar-refractivity contribution is 5.90. The van der Waals surface area contributed by atoms with E-state index in [2.05, 4.69) is 22.8 Å². The van der Waals surface area contributed by atoms with E-state index in [1.165, 1.54) is 11.1 Å². The summed E-state index contributed by atoms with van der Waals surface area (Å²) in [4.78, 5) is 25.1. The van der Waals surface area contributed by atoms with Crippen LogP contribution < -0.4 is 10.6 Å². The fourth-order valence-electron chi connectivity index (χ4n) is 2.51. The maximum Gasteiger partial charge on any atom is 0.315 e. The van der Waals surface area contributed by atoms with Gasteiger partial charge in [0.15, 0.2) is 0 Å². The zero-order valence-corrected chi connectivity index (χ0v) is 9.98. The summed E-state index contributed by atoms with van der Waals surface area (Å²) >= 11 is 0. The Kier molecular flexibility index (Phi) is 2.66. The maximum atomic E-state index is 12.2. The molecule has 1 atom stereocenters. The first-order valence-corrected chi connectivity index (χ1v) is 6.14. The van der Waals surface area contributed by atoms with Crippen LogP contribution in [0.1, 0.15) is 11.1 Å². The van der Waals surface area contributed by atoms with Gasteiger partial charge in [-0.25, -0.2) is 4.79 Å². The Hall–Kier alpha value is -2.04. The standard InChI is InChI=1S/C13H15N3O2/c17-12(11-7-14-13(18)15-11)16-6-5-9-3-1-2-4-10(9)8-16/h1-4,11H,5-8H2,(H2,14,15,18). The summed E-state index contributed by atoms with van der Waals surface area (Å²) in [5.41, 5.74) is 2.52. The monoisotopic (exact) mass is 245 g/mol. The Balaban J connectivity index is 1.72. The molecule has 2 aliphatic rings. The summed E-state index contributed by atoms with van der Waals surface area (Å²) in [6.07, 6.45) is 0.885. The Labute approximate surface area is 105 Å². The number of carbonyl (C=O) groups excluding carboxylic acids is 2. The second-order valence-corrected chi connectivity index (χ2v) is 4.69. The highest BCUT2D eigenvalue weighted by Gasteiger charge is 2.31.